The Morgan fingerprint density at radius 2 is 2.13 bits per heavy atom. The van der Waals surface area contributed by atoms with Crippen LogP contribution in [0.3, 0.4) is 0 Å². The maximum atomic E-state index is 13.0. The van der Waals surface area contributed by atoms with E-state index in [0.29, 0.717) is 12.8 Å². The van der Waals surface area contributed by atoms with Crippen LogP contribution in [0.5, 0.6) is 5.75 Å². The Bertz CT molecular complexity index is 350. The van der Waals surface area contributed by atoms with Crippen molar-refractivity contribution in [3.63, 3.8) is 0 Å². The van der Waals surface area contributed by atoms with Crippen molar-refractivity contribution in [1.82, 2.24) is 0 Å². The molecule has 1 aromatic rings. The second-order valence-corrected chi connectivity index (χ2v) is 3.21. The predicted molar refractivity (Wildman–Crippen MR) is 51.8 cm³/mol. The van der Waals surface area contributed by atoms with Crippen LogP contribution in [0.15, 0.2) is 18.2 Å². The van der Waals surface area contributed by atoms with Gasteiger partial charge in [0.05, 0.1) is 6.61 Å². The molecule has 0 aromatic heterocycles. The summed E-state index contributed by atoms with van der Waals surface area (Å²) >= 11 is 0. The molecule has 0 aliphatic carbocycles. The summed E-state index contributed by atoms with van der Waals surface area (Å²) in [6.07, 6.45) is 0.891. The van der Waals surface area contributed by atoms with Gasteiger partial charge in [-0.2, -0.15) is 4.39 Å². The van der Waals surface area contributed by atoms with Crippen molar-refractivity contribution in [2.75, 3.05) is 6.61 Å². The molecule has 0 saturated heterocycles. The molecule has 0 atom stereocenters. The summed E-state index contributed by atoms with van der Waals surface area (Å²) in [5.74, 6) is -1.98. The average Bonchev–Trinajstić information content (AvgIpc) is 2.18. The lowest BCUT2D eigenvalue weighted by molar-refractivity contribution is -0.117. The first-order valence-corrected chi connectivity index (χ1v) is 4.67. The van der Waals surface area contributed by atoms with Crippen LogP contribution in [0.25, 0.3) is 0 Å². The minimum atomic E-state index is -0.986. The van der Waals surface area contributed by atoms with Gasteiger partial charge in [0, 0.05) is 6.42 Å². The molecule has 1 aromatic carbocycles. The Labute approximate surface area is 86.9 Å². The van der Waals surface area contributed by atoms with Crippen molar-refractivity contribution >= 4 is 5.78 Å². The average molecular weight is 214 g/mol. The van der Waals surface area contributed by atoms with E-state index >= 15 is 0 Å². The van der Waals surface area contributed by atoms with Crippen molar-refractivity contribution in [1.29, 1.82) is 0 Å². The summed E-state index contributed by atoms with van der Waals surface area (Å²) in [4.78, 5) is 10.6. The van der Waals surface area contributed by atoms with E-state index in [0.717, 1.165) is 6.07 Å². The molecule has 0 amide bonds. The molecule has 0 fully saturated rings. The molecule has 0 saturated carbocycles. The van der Waals surface area contributed by atoms with Crippen molar-refractivity contribution < 1.29 is 18.3 Å². The summed E-state index contributed by atoms with van der Waals surface area (Å²) in [7, 11) is 0. The molecule has 0 N–H and O–H groups in total. The monoisotopic (exact) mass is 214 g/mol. The molecule has 0 spiro atoms. The van der Waals surface area contributed by atoms with Crippen molar-refractivity contribution in [3.8, 4) is 5.75 Å². The van der Waals surface area contributed by atoms with Crippen LogP contribution >= 0.6 is 0 Å². The molecular formula is C11H12F2O2. The largest absolute Gasteiger partial charge is 0.490 e. The summed E-state index contributed by atoms with van der Waals surface area (Å²) in [5.41, 5.74) is 0. The third-order valence-electron chi connectivity index (χ3n) is 1.85. The highest BCUT2D eigenvalue weighted by molar-refractivity contribution is 5.75. The summed E-state index contributed by atoms with van der Waals surface area (Å²) in [6, 6.07) is 3.75. The van der Waals surface area contributed by atoms with Crippen LogP contribution in [0.2, 0.25) is 0 Å². The minimum absolute atomic E-state index is 0.0540. The Morgan fingerprint density at radius 1 is 1.40 bits per heavy atom. The lowest BCUT2D eigenvalue weighted by Crippen LogP contribution is -2.02. The zero-order chi connectivity index (χ0) is 11.3. The first-order valence-electron chi connectivity index (χ1n) is 4.67. The highest BCUT2D eigenvalue weighted by Gasteiger charge is 2.08. The fourth-order valence-electron chi connectivity index (χ4n) is 1.10. The minimum Gasteiger partial charge on any atom is -0.490 e. The van der Waals surface area contributed by atoms with Crippen LogP contribution < -0.4 is 4.74 Å². The fraction of sp³-hybridized carbons (Fsp3) is 0.364. The first kappa shape index (κ1) is 11.6. The third-order valence-corrected chi connectivity index (χ3v) is 1.85. The molecule has 82 valence electrons. The predicted octanol–water partition coefficient (Wildman–Crippen LogP) is 2.71. The number of carbonyl (C=O) groups excluding carboxylic acids is 1. The molecular weight excluding hydrogens is 202 g/mol. The molecule has 0 unspecified atom stereocenters. The van der Waals surface area contributed by atoms with Crippen LogP contribution in [0, 0.1) is 11.6 Å². The maximum absolute atomic E-state index is 13.0. The highest BCUT2D eigenvalue weighted by Crippen LogP contribution is 2.19. The molecule has 0 aliphatic rings. The summed E-state index contributed by atoms with van der Waals surface area (Å²) in [6.45, 7) is 1.68. The number of benzene rings is 1. The SMILES string of the molecule is CC(=O)CCCOc1cccc(F)c1F. The van der Waals surface area contributed by atoms with E-state index in [1.54, 1.807) is 0 Å². The second-order valence-electron chi connectivity index (χ2n) is 3.21. The zero-order valence-corrected chi connectivity index (χ0v) is 8.43. The van der Waals surface area contributed by atoms with Crippen molar-refractivity contribution in [2.45, 2.75) is 19.8 Å². The fourth-order valence-corrected chi connectivity index (χ4v) is 1.10. The number of hydrogen-bond acceptors (Lipinski definition) is 2. The van der Waals surface area contributed by atoms with Crippen LogP contribution in [-0.4, -0.2) is 12.4 Å². The number of ether oxygens (including phenoxy) is 1. The molecule has 0 heterocycles. The third kappa shape index (κ3) is 3.65. The van der Waals surface area contributed by atoms with Gasteiger partial charge in [-0.1, -0.05) is 6.07 Å². The molecule has 1 rings (SSSR count). The summed E-state index contributed by atoms with van der Waals surface area (Å²) < 4.78 is 30.7. The van der Waals surface area contributed by atoms with Gasteiger partial charge in [-0.25, -0.2) is 4.39 Å². The highest BCUT2D eigenvalue weighted by atomic mass is 19.2. The number of hydrogen-bond donors (Lipinski definition) is 0. The summed E-state index contributed by atoms with van der Waals surface area (Å²) in [5, 5.41) is 0. The van der Waals surface area contributed by atoms with E-state index in [1.807, 2.05) is 0 Å². The maximum Gasteiger partial charge on any atom is 0.200 e. The van der Waals surface area contributed by atoms with Crippen LogP contribution in [0.1, 0.15) is 19.8 Å². The van der Waals surface area contributed by atoms with Gasteiger partial charge in [-0.15, -0.1) is 0 Å². The standard InChI is InChI=1S/C11H12F2O2/c1-8(14)4-3-7-15-10-6-2-5-9(12)11(10)13/h2,5-6H,3-4,7H2,1H3. The molecule has 0 aliphatic heterocycles. The van der Waals surface area contributed by atoms with E-state index in [1.165, 1.54) is 19.1 Å². The van der Waals surface area contributed by atoms with E-state index < -0.39 is 11.6 Å². The van der Waals surface area contributed by atoms with Gasteiger partial charge in [0.1, 0.15) is 5.78 Å². The molecule has 0 bridgehead atoms. The van der Waals surface area contributed by atoms with Crippen LogP contribution in [-0.2, 0) is 4.79 Å². The van der Waals surface area contributed by atoms with Gasteiger partial charge >= 0.3 is 0 Å². The van der Waals surface area contributed by atoms with E-state index in [4.69, 9.17) is 4.74 Å². The Balaban J connectivity index is 2.44. The number of rotatable bonds is 5. The van der Waals surface area contributed by atoms with Gasteiger partial charge in [-0.3, -0.25) is 0 Å². The topological polar surface area (TPSA) is 26.3 Å². The van der Waals surface area contributed by atoms with E-state index in [-0.39, 0.29) is 18.1 Å². The van der Waals surface area contributed by atoms with Gasteiger partial charge in [0.2, 0.25) is 5.82 Å². The number of carbonyl (C=O) groups is 1. The number of halogens is 2. The van der Waals surface area contributed by atoms with Crippen molar-refractivity contribution in [3.05, 3.63) is 29.8 Å². The van der Waals surface area contributed by atoms with Crippen molar-refractivity contribution in [2.24, 2.45) is 0 Å². The number of Topliss-reactive ketones (excluding diaryl/α,β-unsaturated/α-hetero) is 1. The lowest BCUT2D eigenvalue weighted by Gasteiger charge is -2.06. The van der Waals surface area contributed by atoms with Gasteiger partial charge in [0.15, 0.2) is 11.6 Å². The molecule has 2 nitrogen and oxygen atoms in total. The van der Waals surface area contributed by atoms with Crippen LogP contribution in [0.4, 0.5) is 8.78 Å². The molecule has 15 heavy (non-hydrogen) atoms. The normalized spacial score (nSPS) is 10.1. The lowest BCUT2D eigenvalue weighted by atomic mass is 10.2. The Morgan fingerprint density at radius 3 is 2.80 bits per heavy atom. The van der Waals surface area contributed by atoms with E-state index in [9.17, 15) is 13.6 Å². The number of ketones is 1. The molecule has 4 heteroatoms. The van der Waals surface area contributed by atoms with E-state index in [2.05, 4.69) is 0 Å². The smallest absolute Gasteiger partial charge is 0.200 e. The second kappa shape index (κ2) is 5.44. The Kier molecular flexibility index (Phi) is 4.21. The quantitative estimate of drug-likeness (QED) is 0.704. The first-order chi connectivity index (χ1) is 7.11. The Hall–Kier alpha value is -1.45. The van der Waals surface area contributed by atoms with Gasteiger partial charge < -0.3 is 9.53 Å². The molecule has 0 radical (unpaired) electrons. The van der Waals surface area contributed by atoms with Gasteiger partial charge in [0.25, 0.3) is 0 Å². The zero-order valence-electron chi connectivity index (χ0n) is 8.43. The van der Waals surface area contributed by atoms with Gasteiger partial charge in [-0.05, 0) is 25.5 Å².